The molecule has 1 heterocycles. The summed E-state index contributed by atoms with van der Waals surface area (Å²) in [5.41, 5.74) is 3.29. The minimum absolute atomic E-state index is 0.00882. The van der Waals surface area contributed by atoms with E-state index in [0.29, 0.717) is 11.3 Å². The molecule has 1 aromatic carbocycles. The Hall–Kier alpha value is -1.59. The van der Waals surface area contributed by atoms with Crippen LogP contribution in [-0.2, 0) is 17.8 Å². The van der Waals surface area contributed by atoms with E-state index in [4.69, 9.17) is 0 Å². The third kappa shape index (κ3) is 3.59. The van der Waals surface area contributed by atoms with Crippen LogP contribution < -0.4 is 0 Å². The number of aromatic nitrogens is 1. The molecule has 0 amide bonds. The molecule has 0 unspecified atom stereocenters. The van der Waals surface area contributed by atoms with E-state index < -0.39 is 10.8 Å². The number of hydrogen-bond acceptors (Lipinski definition) is 3. The van der Waals surface area contributed by atoms with E-state index in [0.717, 1.165) is 15.5 Å². The lowest BCUT2D eigenvalue weighted by Gasteiger charge is -2.06. The van der Waals surface area contributed by atoms with E-state index >= 15 is 0 Å². The van der Waals surface area contributed by atoms with Gasteiger partial charge in [-0.2, -0.15) is 0 Å². The maximum atomic E-state index is 12.6. The molecule has 0 fully saturated rings. The van der Waals surface area contributed by atoms with Crippen molar-refractivity contribution in [2.45, 2.75) is 6.92 Å². The number of carbonyl (C=O) groups excluding carboxylic acids is 1. The number of thioether (sulfide) groups is 1. The quantitative estimate of drug-likeness (QED) is 0.785. The highest BCUT2D eigenvalue weighted by molar-refractivity contribution is 8.16. The van der Waals surface area contributed by atoms with Crippen molar-refractivity contribution in [1.82, 2.24) is 4.57 Å². The van der Waals surface area contributed by atoms with Gasteiger partial charge in [0.25, 0.3) is 0 Å². The van der Waals surface area contributed by atoms with Gasteiger partial charge in [0.2, 0.25) is 5.78 Å². The number of rotatable bonds is 5. The first-order chi connectivity index (χ1) is 10.4. The van der Waals surface area contributed by atoms with Crippen LogP contribution in [0.3, 0.4) is 0 Å². The first kappa shape index (κ1) is 16.8. The van der Waals surface area contributed by atoms with Crippen LogP contribution in [0.25, 0.3) is 6.08 Å². The van der Waals surface area contributed by atoms with Gasteiger partial charge in [-0.15, -0.1) is 11.8 Å². The highest BCUT2D eigenvalue weighted by atomic mass is 32.2. The molecule has 1 atom stereocenters. The lowest BCUT2D eigenvalue weighted by molar-refractivity contribution is 0.103. The fraction of sp³-hybridized carbons (Fsp3) is 0.235. The Balaban J connectivity index is 2.37. The van der Waals surface area contributed by atoms with Crippen LogP contribution in [0.1, 0.15) is 27.3 Å². The molecule has 0 aliphatic rings. The summed E-state index contributed by atoms with van der Waals surface area (Å²) in [5, 5.41) is 0. The van der Waals surface area contributed by atoms with Crippen molar-refractivity contribution in [1.29, 1.82) is 0 Å². The molecule has 2 rings (SSSR count). The largest absolute Gasteiger partial charge is 0.341 e. The third-order valence-corrected chi connectivity index (χ3v) is 5.87. The van der Waals surface area contributed by atoms with Crippen molar-refractivity contribution in [3.05, 3.63) is 63.2 Å². The summed E-state index contributed by atoms with van der Waals surface area (Å²) in [6.07, 6.45) is 5.42. The second-order valence-corrected chi connectivity index (χ2v) is 7.47. The van der Waals surface area contributed by atoms with Gasteiger partial charge in [0.05, 0.1) is 20.7 Å². The molecular weight excluding hydrogens is 314 g/mol. The fourth-order valence-electron chi connectivity index (χ4n) is 2.13. The molecule has 1 aromatic heterocycles. The third-order valence-electron chi connectivity index (χ3n) is 3.46. The van der Waals surface area contributed by atoms with Crippen LogP contribution in [0.5, 0.6) is 0 Å². The summed E-state index contributed by atoms with van der Waals surface area (Å²) in [4.78, 5) is 12.6. The predicted octanol–water partition coefficient (Wildman–Crippen LogP) is 3.60. The summed E-state index contributed by atoms with van der Waals surface area (Å²) in [7, 11) is 0.825. The van der Waals surface area contributed by atoms with Gasteiger partial charge in [-0.25, -0.2) is 0 Å². The van der Waals surface area contributed by atoms with E-state index in [1.54, 1.807) is 6.26 Å². The molecule has 0 aliphatic heterocycles. The molecule has 0 N–H and O–H groups in total. The molecule has 0 spiro atoms. The number of nitrogens with zero attached hydrogens (tertiary/aromatic N) is 1. The number of hydrogen-bond donors (Lipinski definition) is 0. The van der Waals surface area contributed by atoms with Gasteiger partial charge in [-0.05, 0) is 31.4 Å². The molecule has 0 radical (unpaired) electrons. The van der Waals surface area contributed by atoms with Crippen LogP contribution in [0.2, 0.25) is 0 Å². The molecule has 3 nitrogen and oxygen atoms in total. The van der Waals surface area contributed by atoms with Gasteiger partial charge in [0.15, 0.2) is 0 Å². The molecule has 5 heteroatoms. The average molecular weight is 333 g/mol. The van der Waals surface area contributed by atoms with Gasteiger partial charge in [0, 0.05) is 24.6 Å². The van der Waals surface area contributed by atoms with Gasteiger partial charge < -0.3 is 4.57 Å². The Morgan fingerprint density at radius 2 is 1.82 bits per heavy atom. The van der Waals surface area contributed by atoms with Crippen molar-refractivity contribution >= 4 is 34.4 Å². The van der Waals surface area contributed by atoms with E-state index in [2.05, 4.69) is 0 Å². The molecule has 116 valence electrons. The van der Waals surface area contributed by atoms with Crippen LogP contribution in [0, 0.1) is 6.92 Å². The van der Waals surface area contributed by atoms with E-state index in [9.17, 15) is 9.00 Å². The second kappa shape index (κ2) is 7.11. The Bertz CT molecular complexity index is 743. The summed E-state index contributed by atoms with van der Waals surface area (Å²) in [6, 6.07) is 11.2. The summed E-state index contributed by atoms with van der Waals surface area (Å²) in [5.74, 6) is -0.00882. The lowest BCUT2D eigenvalue weighted by atomic mass is 10.1. The SMILES string of the molecule is CS/C(=C\c1ccc(C(=O)c2ccc(C)cc2)n1C)[S@](C)=O. The highest BCUT2D eigenvalue weighted by Crippen LogP contribution is 2.21. The molecule has 0 bridgehead atoms. The zero-order valence-corrected chi connectivity index (χ0v) is 14.8. The summed E-state index contributed by atoms with van der Waals surface area (Å²) < 4.78 is 14.3. The lowest BCUT2D eigenvalue weighted by Crippen LogP contribution is -2.08. The Morgan fingerprint density at radius 1 is 1.18 bits per heavy atom. The normalized spacial score (nSPS) is 13.2. The highest BCUT2D eigenvalue weighted by Gasteiger charge is 2.14. The van der Waals surface area contributed by atoms with E-state index in [1.807, 2.05) is 67.3 Å². The molecule has 0 aliphatic carbocycles. The van der Waals surface area contributed by atoms with Crippen LogP contribution in [0.15, 0.2) is 40.6 Å². The van der Waals surface area contributed by atoms with Gasteiger partial charge in [0.1, 0.15) is 0 Å². The van der Waals surface area contributed by atoms with Crippen LogP contribution in [0.4, 0.5) is 0 Å². The van der Waals surface area contributed by atoms with Gasteiger partial charge in [-0.3, -0.25) is 9.00 Å². The van der Waals surface area contributed by atoms with Gasteiger partial charge in [-0.1, -0.05) is 29.8 Å². The van der Waals surface area contributed by atoms with Crippen LogP contribution >= 0.6 is 11.8 Å². The molecular formula is C17H19NO2S2. The van der Waals surface area contributed by atoms with E-state index in [-0.39, 0.29) is 5.78 Å². The van der Waals surface area contributed by atoms with Crippen LogP contribution in [-0.4, -0.2) is 27.1 Å². The van der Waals surface area contributed by atoms with Gasteiger partial charge >= 0.3 is 0 Å². The Labute approximate surface area is 137 Å². The number of benzene rings is 1. The maximum absolute atomic E-state index is 12.6. The standard InChI is InChI=1S/C17H19NO2S2/c1-12-5-7-13(8-6-12)17(19)15-10-9-14(18(15)2)11-16(21-3)22(4)20/h5-11H,1-4H3/b16-11+/t22-/m0/s1. The molecule has 22 heavy (non-hydrogen) atoms. The smallest absolute Gasteiger partial charge is 0.209 e. The maximum Gasteiger partial charge on any atom is 0.209 e. The number of carbonyl (C=O) groups is 1. The average Bonchev–Trinajstić information content (AvgIpc) is 2.85. The molecule has 0 saturated heterocycles. The first-order valence-corrected chi connectivity index (χ1v) is 9.58. The summed E-state index contributed by atoms with van der Waals surface area (Å²) in [6.45, 7) is 1.99. The topological polar surface area (TPSA) is 39.1 Å². The van der Waals surface area contributed by atoms with Crippen molar-refractivity contribution in [2.75, 3.05) is 12.5 Å². The molecule has 2 aromatic rings. The fourth-order valence-corrected chi connectivity index (χ4v) is 3.60. The number of aryl methyl sites for hydroxylation is 1. The minimum atomic E-state index is -1.03. The second-order valence-electron chi connectivity index (χ2n) is 5.02. The zero-order valence-electron chi connectivity index (χ0n) is 13.1. The van der Waals surface area contributed by atoms with Crippen molar-refractivity contribution in [2.24, 2.45) is 7.05 Å². The monoisotopic (exact) mass is 333 g/mol. The van der Waals surface area contributed by atoms with Crippen molar-refractivity contribution in [3.8, 4) is 0 Å². The zero-order chi connectivity index (χ0) is 16.3. The van der Waals surface area contributed by atoms with Crippen molar-refractivity contribution in [3.63, 3.8) is 0 Å². The molecule has 0 saturated carbocycles. The first-order valence-electron chi connectivity index (χ1n) is 6.80. The Kier molecular flexibility index (Phi) is 5.42. The van der Waals surface area contributed by atoms with Crippen molar-refractivity contribution < 1.29 is 9.00 Å². The summed E-state index contributed by atoms with van der Waals surface area (Å²) >= 11 is 1.46. The predicted molar refractivity (Wildman–Crippen MR) is 95.6 cm³/mol. The van der Waals surface area contributed by atoms with E-state index in [1.165, 1.54) is 11.8 Å². The number of ketones is 1. The Morgan fingerprint density at radius 3 is 2.36 bits per heavy atom. The minimum Gasteiger partial charge on any atom is -0.341 e.